The van der Waals surface area contributed by atoms with E-state index in [0.717, 1.165) is 12.1 Å². The highest BCUT2D eigenvalue weighted by Gasteiger charge is 2.36. The number of alkyl halides is 3. The van der Waals surface area contributed by atoms with Gasteiger partial charge in [0.05, 0.1) is 24.9 Å². The van der Waals surface area contributed by atoms with E-state index in [1.807, 2.05) is 4.90 Å². The monoisotopic (exact) mass is 381 g/mol. The van der Waals surface area contributed by atoms with Gasteiger partial charge >= 0.3 is 6.18 Å². The Kier molecular flexibility index (Phi) is 5.74. The first-order chi connectivity index (χ1) is 12.8. The molecule has 0 aromatic heterocycles. The molecule has 146 valence electrons. The van der Waals surface area contributed by atoms with Crippen molar-refractivity contribution >= 4 is 0 Å². The van der Waals surface area contributed by atoms with Crippen molar-refractivity contribution in [3.05, 3.63) is 65.2 Å². The summed E-state index contributed by atoms with van der Waals surface area (Å²) >= 11 is 0. The largest absolute Gasteiger partial charge is 0.497 e. The van der Waals surface area contributed by atoms with Gasteiger partial charge in [0, 0.05) is 19.1 Å². The average molecular weight is 381 g/mol. The molecule has 2 aromatic carbocycles. The Balaban J connectivity index is 1.80. The summed E-state index contributed by atoms with van der Waals surface area (Å²) in [6.45, 7) is 0.493. The molecule has 3 atom stereocenters. The van der Waals surface area contributed by atoms with Crippen LogP contribution in [0.25, 0.3) is 0 Å². The van der Waals surface area contributed by atoms with E-state index in [1.54, 1.807) is 30.3 Å². The van der Waals surface area contributed by atoms with Gasteiger partial charge in [-0.15, -0.1) is 0 Å². The number of hydrogen-bond acceptors (Lipinski definition) is 4. The Labute approximate surface area is 155 Å². The molecule has 0 spiro atoms. The van der Waals surface area contributed by atoms with Gasteiger partial charge in [-0.2, -0.15) is 13.2 Å². The topological polar surface area (TPSA) is 52.9 Å². The Morgan fingerprint density at radius 1 is 1.19 bits per heavy atom. The summed E-state index contributed by atoms with van der Waals surface area (Å²) in [4.78, 5) is 1.82. The molecule has 0 radical (unpaired) electrons. The molecule has 0 bridgehead atoms. The number of hydrogen-bond donors (Lipinski definition) is 2. The van der Waals surface area contributed by atoms with Crippen LogP contribution in [0.2, 0.25) is 0 Å². The molecule has 0 unspecified atom stereocenters. The van der Waals surface area contributed by atoms with Crippen molar-refractivity contribution < 1.29 is 28.1 Å². The van der Waals surface area contributed by atoms with Crippen molar-refractivity contribution in [3.8, 4) is 5.75 Å². The lowest BCUT2D eigenvalue weighted by Crippen LogP contribution is -2.29. The van der Waals surface area contributed by atoms with Crippen molar-refractivity contribution in [1.29, 1.82) is 0 Å². The number of aliphatic hydroxyl groups excluding tert-OH is 2. The van der Waals surface area contributed by atoms with Crippen LogP contribution < -0.4 is 4.74 Å². The number of methoxy groups -OCH3 is 1. The number of ether oxygens (including phenoxy) is 1. The van der Waals surface area contributed by atoms with Crippen LogP contribution in [0.15, 0.2) is 48.5 Å². The van der Waals surface area contributed by atoms with Gasteiger partial charge < -0.3 is 14.9 Å². The Morgan fingerprint density at radius 3 is 2.63 bits per heavy atom. The summed E-state index contributed by atoms with van der Waals surface area (Å²) in [5.41, 5.74) is 0.424. The molecule has 1 aliphatic heterocycles. The zero-order chi connectivity index (χ0) is 19.6. The van der Waals surface area contributed by atoms with E-state index < -0.39 is 23.9 Å². The van der Waals surface area contributed by atoms with Crippen LogP contribution >= 0.6 is 0 Å². The number of aliphatic hydroxyl groups is 2. The second-order valence-electron chi connectivity index (χ2n) is 6.77. The maximum Gasteiger partial charge on any atom is 0.416 e. The van der Waals surface area contributed by atoms with Gasteiger partial charge in [-0.05, 0) is 41.8 Å². The highest BCUT2D eigenvalue weighted by molar-refractivity contribution is 5.31. The van der Waals surface area contributed by atoms with Gasteiger partial charge in [0.25, 0.3) is 0 Å². The van der Waals surface area contributed by atoms with Crippen LogP contribution in [0.3, 0.4) is 0 Å². The number of halogens is 3. The lowest BCUT2D eigenvalue weighted by molar-refractivity contribution is -0.137. The molecular weight excluding hydrogens is 359 g/mol. The smallest absolute Gasteiger partial charge is 0.416 e. The number of rotatable bonds is 5. The van der Waals surface area contributed by atoms with E-state index >= 15 is 0 Å². The van der Waals surface area contributed by atoms with Crippen LogP contribution in [0.1, 0.15) is 35.3 Å². The molecule has 3 rings (SSSR count). The zero-order valence-electron chi connectivity index (χ0n) is 14.9. The minimum absolute atomic E-state index is 0.200. The van der Waals surface area contributed by atoms with E-state index in [-0.39, 0.29) is 12.6 Å². The molecule has 2 N–H and O–H groups in total. The van der Waals surface area contributed by atoms with Gasteiger partial charge in [0.2, 0.25) is 0 Å². The lowest BCUT2D eigenvalue weighted by Gasteiger charge is -2.27. The third-order valence-electron chi connectivity index (χ3n) is 4.87. The second-order valence-corrected chi connectivity index (χ2v) is 6.77. The minimum atomic E-state index is -4.42. The van der Waals surface area contributed by atoms with Gasteiger partial charge in [-0.3, -0.25) is 4.90 Å². The summed E-state index contributed by atoms with van der Waals surface area (Å²) in [5, 5.41) is 20.6. The fourth-order valence-electron chi connectivity index (χ4n) is 3.53. The minimum Gasteiger partial charge on any atom is -0.497 e. The normalized spacial score (nSPS) is 22.0. The van der Waals surface area contributed by atoms with E-state index in [4.69, 9.17) is 4.74 Å². The Morgan fingerprint density at radius 2 is 1.93 bits per heavy atom. The molecule has 2 aromatic rings. The van der Waals surface area contributed by atoms with E-state index in [1.165, 1.54) is 13.2 Å². The molecule has 1 aliphatic rings. The van der Waals surface area contributed by atoms with Crippen LogP contribution in [-0.2, 0) is 6.18 Å². The second kappa shape index (κ2) is 7.88. The van der Waals surface area contributed by atoms with Crippen LogP contribution in [0.5, 0.6) is 5.75 Å². The van der Waals surface area contributed by atoms with Gasteiger partial charge in [-0.25, -0.2) is 0 Å². The first kappa shape index (κ1) is 19.7. The number of β-amino-alcohol motifs (C(OH)–C–C–N with tert-alkyl or cyclic N) is 2. The van der Waals surface area contributed by atoms with Crippen molar-refractivity contribution in [3.63, 3.8) is 0 Å². The molecule has 0 amide bonds. The van der Waals surface area contributed by atoms with Gasteiger partial charge in [0.15, 0.2) is 0 Å². The first-order valence-electron chi connectivity index (χ1n) is 8.69. The summed E-state index contributed by atoms with van der Waals surface area (Å²) in [7, 11) is 1.53. The maximum absolute atomic E-state index is 13.0. The van der Waals surface area contributed by atoms with Gasteiger partial charge in [0.1, 0.15) is 5.75 Å². The molecule has 27 heavy (non-hydrogen) atoms. The molecule has 1 heterocycles. The quantitative estimate of drug-likeness (QED) is 0.832. The highest BCUT2D eigenvalue weighted by atomic mass is 19.4. The van der Waals surface area contributed by atoms with Crippen LogP contribution in [0.4, 0.5) is 13.2 Å². The SMILES string of the molecule is COc1cccc([C@H](O)CN2C[C@@H](O)C[C@@H]2c2cccc(C(F)(F)F)c2)c1. The third-order valence-corrected chi connectivity index (χ3v) is 4.87. The van der Waals surface area contributed by atoms with Crippen molar-refractivity contribution in [2.75, 3.05) is 20.2 Å². The third kappa shape index (κ3) is 4.61. The summed E-state index contributed by atoms with van der Waals surface area (Å²) in [5.74, 6) is 0.613. The summed E-state index contributed by atoms with van der Waals surface area (Å²) < 4.78 is 44.2. The standard InChI is InChI=1S/C20H22F3NO3/c1-27-17-7-3-5-14(9-17)19(26)12-24-11-16(25)10-18(24)13-4-2-6-15(8-13)20(21,22)23/h2-9,16,18-19,25-26H,10-12H2,1H3/t16-,18+,19+/m0/s1. The Hall–Kier alpha value is -2.09. The fraction of sp³-hybridized carbons (Fsp3) is 0.400. The van der Waals surface area contributed by atoms with Crippen molar-refractivity contribution in [2.45, 2.75) is 30.8 Å². The molecular formula is C20H22F3NO3. The summed E-state index contributed by atoms with van der Waals surface area (Å²) in [6.07, 6.45) is -5.59. The van der Waals surface area contributed by atoms with Crippen molar-refractivity contribution in [2.24, 2.45) is 0 Å². The van der Waals surface area contributed by atoms with E-state index in [9.17, 15) is 23.4 Å². The number of likely N-dealkylation sites (tertiary alicyclic amines) is 1. The first-order valence-corrected chi connectivity index (χ1v) is 8.69. The molecule has 0 saturated carbocycles. The van der Waals surface area contributed by atoms with Crippen molar-refractivity contribution in [1.82, 2.24) is 4.90 Å². The Bertz CT molecular complexity index is 781. The van der Waals surface area contributed by atoms with E-state index in [0.29, 0.717) is 29.8 Å². The highest BCUT2D eigenvalue weighted by Crippen LogP contribution is 2.37. The zero-order valence-corrected chi connectivity index (χ0v) is 14.9. The molecule has 4 nitrogen and oxygen atoms in total. The van der Waals surface area contributed by atoms with Gasteiger partial charge in [-0.1, -0.05) is 24.3 Å². The molecule has 7 heteroatoms. The maximum atomic E-state index is 13.0. The predicted molar refractivity (Wildman–Crippen MR) is 94.3 cm³/mol. The predicted octanol–water partition coefficient (Wildman–Crippen LogP) is 3.56. The molecule has 0 aliphatic carbocycles. The van der Waals surface area contributed by atoms with Crippen LogP contribution in [0, 0.1) is 0 Å². The number of benzene rings is 2. The van der Waals surface area contributed by atoms with Crippen LogP contribution in [-0.4, -0.2) is 41.4 Å². The summed E-state index contributed by atoms with van der Waals surface area (Å²) in [6, 6.07) is 11.8. The lowest BCUT2D eigenvalue weighted by atomic mass is 10.0. The number of nitrogens with zero attached hydrogens (tertiary/aromatic N) is 1. The fourth-order valence-corrected chi connectivity index (χ4v) is 3.53. The molecule has 1 fully saturated rings. The average Bonchev–Trinajstić information content (AvgIpc) is 3.01. The van der Waals surface area contributed by atoms with E-state index in [2.05, 4.69) is 0 Å². The molecule has 1 saturated heterocycles.